The molecule has 1 heterocycles. The second kappa shape index (κ2) is 10.1. The number of carbonyl (C=O) groups is 1. The van der Waals surface area contributed by atoms with Gasteiger partial charge in [0, 0.05) is 6.42 Å². The molecule has 9 heteroatoms. The standard InChI is InChI=1S/C16H28N2O6S/c1-2-3-4-5-6-7-15(21)16-17-8-9-18(16,10-11-19)12-14(20)13-25(22,23)24/h4-5,14,19-20H,2-3,6-13H2,1H3/p+1/b5-4+. The number of allylic oxidation sites excluding steroid dienone is 2. The van der Waals surface area contributed by atoms with Gasteiger partial charge in [-0.1, -0.05) is 25.5 Å². The fourth-order valence-electron chi connectivity index (χ4n) is 3.06. The fraction of sp³-hybridized carbons (Fsp3) is 0.750. The van der Waals surface area contributed by atoms with Crippen LogP contribution in [0.25, 0.3) is 0 Å². The first-order valence-electron chi connectivity index (χ1n) is 8.57. The number of unbranched alkanes of at least 4 members (excludes halogenated alkanes) is 1. The van der Waals surface area contributed by atoms with Gasteiger partial charge in [0.25, 0.3) is 16.0 Å². The van der Waals surface area contributed by atoms with Crippen LogP contribution in [0, 0.1) is 0 Å². The van der Waals surface area contributed by atoms with E-state index < -0.39 is 22.0 Å². The van der Waals surface area contributed by atoms with E-state index in [4.69, 9.17) is 4.55 Å². The van der Waals surface area contributed by atoms with Gasteiger partial charge in [-0.25, -0.2) is 4.99 Å². The van der Waals surface area contributed by atoms with Crippen molar-refractivity contribution < 1.29 is 32.5 Å². The Balaban J connectivity index is 2.80. The average molecular weight is 377 g/mol. The van der Waals surface area contributed by atoms with E-state index >= 15 is 0 Å². The summed E-state index contributed by atoms with van der Waals surface area (Å²) in [5.41, 5.74) is 0. The third kappa shape index (κ3) is 7.33. The number of amidine groups is 1. The Kier molecular flexibility index (Phi) is 8.87. The number of nitrogens with zero attached hydrogens (tertiary/aromatic N) is 2. The van der Waals surface area contributed by atoms with E-state index in [1.807, 2.05) is 12.2 Å². The summed E-state index contributed by atoms with van der Waals surface area (Å²) in [5.74, 6) is -0.696. The smallest absolute Gasteiger partial charge is 0.267 e. The Morgan fingerprint density at radius 1 is 1.36 bits per heavy atom. The Labute approximate surface area is 149 Å². The first-order chi connectivity index (χ1) is 11.7. The zero-order chi connectivity index (χ0) is 18.9. The molecular formula is C16H29N2O6S+. The molecule has 0 aromatic rings. The highest BCUT2D eigenvalue weighted by atomic mass is 32.2. The lowest BCUT2D eigenvalue weighted by Gasteiger charge is -2.34. The van der Waals surface area contributed by atoms with Crippen LogP contribution >= 0.6 is 0 Å². The molecule has 1 rings (SSSR count). The van der Waals surface area contributed by atoms with Crippen LogP contribution in [0.5, 0.6) is 0 Å². The number of carbonyl (C=O) groups excluding carboxylic acids is 1. The van der Waals surface area contributed by atoms with Gasteiger partial charge in [-0.3, -0.25) is 13.8 Å². The predicted molar refractivity (Wildman–Crippen MR) is 95.0 cm³/mol. The average Bonchev–Trinajstić information content (AvgIpc) is 2.88. The topological polar surface area (TPSA) is 124 Å². The molecular weight excluding hydrogens is 348 g/mol. The Morgan fingerprint density at radius 3 is 2.64 bits per heavy atom. The maximum absolute atomic E-state index is 12.5. The molecule has 0 amide bonds. The predicted octanol–water partition coefficient (Wildman–Crippen LogP) is 0.162. The largest absolute Gasteiger partial charge is 0.390 e. The van der Waals surface area contributed by atoms with E-state index in [0.717, 1.165) is 12.8 Å². The van der Waals surface area contributed by atoms with Crippen LogP contribution in [0.1, 0.15) is 32.6 Å². The van der Waals surface area contributed by atoms with Crippen molar-refractivity contribution in [3.8, 4) is 0 Å². The molecule has 0 spiro atoms. The number of hydrogen-bond acceptors (Lipinski definition) is 6. The number of ketones is 1. The van der Waals surface area contributed by atoms with Crippen LogP contribution in [-0.2, 0) is 14.9 Å². The number of aliphatic hydroxyl groups is 2. The third-order valence-electron chi connectivity index (χ3n) is 4.14. The lowest BCUT2D eigenvalue weighted by atomic mass is 10.1. The van der Waals surface area contributed by atoms with Gasteiger partial charge in [-0.2, -0.15) is 8.42 Å². The number of quaternary nitrogens is 1. The highest BCUT2D eigenvalue weighted by Crippen LogP contribution is 2.19. The van der Waals surface area contributed by atoms with E-state index in [0.29, 0.717) is 19.5 Å². The second-order valence-corrected chi connectivity index (χ2v) is 7.83. The van der Waals surface area contributed by atoms with Crippen LogP contribution in [0.2, 0.25) is 0 Å². The minimum absolute atomic E-state index is 0.0509. The zero-order valence-electron chi connectivity index (χ0n) is 14.7. The fourth-order valence-corrected chi connectivity index (χ4v) is 3.65. The van der Waals surface area contributed by atoms with Gasteiger partial charge < -0.3 is 10.2 Å². The molecule has 0 fully saturated rings. The Bertz CT molecular complexity index is 602. The highest BCUT2D eigenvalue weighted by molar-refractivity contribution is 7.85. The van der Waals surface area contributed by atoms with E-state index in [2.05, 4.69) is 11.9 Å². The zero-order valence-corrected chi connectivity index (χ0v) is 15.5. The summed E-state index contributed by atoms with van der Waals surface area (Å²) in [6, 6.07) is 0. The number of hydrogen-bond donors (Lipinski definition) is 3. The summed E-state index contributed by atoms with van der Waals surface area (Å²) >= 11 is 0. The summed E-state index contributed by atoms with van der Waals surface area (Å²) < 4.78 is 30.7. The molecule has 1 aliphatic heterocycles. The molecule has 0 radical (unpaired) electrons. The highest BCUT2D eigenvalue weighted by Gasteiger charge is 2.43. The Morgan fingerprint density at radius 2 is 2.04 bits per heavy atom. The summed E-state index contributed by atoms with van der Waals surface area (Å²) in [6.07, 6.45) is 5.49. The second-order valence-electron chi connectivity index (χ2n) is 6.33. The van der Waals surface area contributed by atoms with Crippen LogP contribution in [0.15, 0.2) is 17.1 Å². The lowest BCUT2D eigenvalue weighted by Crippen LogP contribution is -2.59. The number of aliphatic hydroxyl groups excluding tert-OH is 2. The Hall–Kier alpha value is -1.13. The van der Waals surface area contributed by atoms with Crippen molar-refractivity contribution >= 4 is 21.7 Å². The van der Waals surface area contributed by atoms with Crippen molar-refractivity contribution in [3.05, 3.63) is 12.2 Å². The van der Waals surface area contributed by atoms with Gasteiger partial charge >= 0.3 is 0 Å². The van der Waals surface area contributed by atoms with Crippen molar-refractivity contribution in [3.63, 3.8) is 0 Å². The quantitative estimate of drug-likeness (QED) is 0.253. The van der Waals surface area contributed by atoms with Crippen molar-refractivity contribution in [2.24, 2.45) is 4.99 Å². The van der Waals surface area contributed by atoms with Crippen LogP contribution < -0.4 is 0 Å². The van der Waals surface area contributed by atoms with Gasteiger partial charge in [0.05, 0.1) is 13.2 Å². The maximum Gasteiger partial charge on any atom is 0.267 e. The van der Waals surface area contributed by atoms with E-state index in [-0.39, 0.29) is 42.2 Å². The molecule has 25 heavy (non-hydrogen) atoms. The van der Waals surface area contributed by atoms with E-state index in [9.17, 15) is 23.4 Å². The first kappa shape index (κ1) is 21.9. The normalized spacial score (nSPS) is 22.3. The van der Waals surface area contributed by atoms with Crippen molar-refractivity contribution in [1.29, 1.82) is 0 Å². The van der Waals surface area contributed by atoms with Gasteiger partial charge in [0.2, 0.25) is 5.78 Å². The maximum atomic E-state index is 12.5. The molecule has 2 atom stereocenters. The first-order valence-corrected chi connectivity index (χ1v) is 10.2. The molecule has 8 nitrogen and oxygen atoms in total. The minimum Gasteiger partial charge on any atom is -0.390 e. The molecule has 0 saturated carbocycles. The van der Waals surface area contributed by atoms with Crippen LogP contribution in [0.3, 0.4) is 0 Å². The van der Waals surface area contributed by atoms with Gasteiger partial charge in [0.15, 0.2) is 0 Å². The van der Waals surface area contributed by atoms with Gasteiger partial charge in [-0.05, 0) is 12.8 Å². The molecule has 1 aliphatic rings. The van der Waals surface area contributed by atoms with Crippen molar-refractivity contribution in [2.75, 3.05) is 38.5 Å². The summed E-state index contributed by atoms with van der Waals surface area (Å²) in [4.78, 5) is 16.8. The van der Waals surface area contributed by atoms with Crippen molar-refractivity contribution in [1.82, 2.24) is 0 Å². The van der Waals surface area contributed by atoms with E-state index in [1.165, 1.54) is 0 Å². The number of rotatable bonds is 12. The van der Waals surface area contributed by atoms with Crippen molar-refractivity contribution in [2.45, 2.75) is 38.7 Å². The molecule has 0 bridgehead atoms. The summed E-state index contributed by atoms with van der Waals surface area (Å²) in [6.45, 7) is 2.72. The van der Waals surface area contributed by atoms with Gasteiger partial charge in [0.1, 0.15) is 31.5 Å². The molecule has 3 N–H and O–H groups in total. The molecule has 0 aliphatic carbocycles. The number of aliphatic imine (C=N–C) groups is 1. The SMILES string of the molecule is CCC/C=C/CCC(=O)C1=NCC[N+]1(CCO)CC(O)CS(=O)(=O)O. The lowest BCUT2D eigenvalue weighted by molar-refractivity contribution is -0.837. The van der Waals surface area contributed by atoms with E-state index in [1.54, 1.807) is 0 Å². The molecule has 0 saturated heterocycles. The summed E-state index contributed by atoms with van der Waals surface area (Å²) in [7, 11) is -4.32. The number of Topliss-reactive ketones (excluding diaryl/α,β-unsaturated/α-hetero) is 1. The van der Waals surface area contributed by atoms with Crippen LogP contribution in [-0.4, -0.2) is 83.9 Å². The van der Waals surface area contributed by atoms with Crippen LogP contribution in [0.4, 0.5) is 0 Å². The molecule has 2 unspecified atom stereocenters. The van der Waals surface area contributed by atoms with Gasteiger partial charge in [-0.15, -0.1) is 0 Å². The minimum atomic E-state index is -4.32. The molecule has 0 aromatic carbocycles. The third-order valence-corrected chi connectivity index (χ3v) is 4.95. The summed E-state index contributed by atoms with van der Waals surface area (Å²) in [5, 5.41) is 19.4. The molecule has 144 valence electrons. The molecule has 0 aromatic heterocycles. The monoisotopic (exact) mass is 377 g/mol.